The van der Waals surface area contributed by atoms with E-state index in [1.165, 1.54) is 5.56 Å². The first-order valence-electron chi connectivity index (χ1n) is 14.0. The molecule has 1 saturated carbocycles. The van der Waals surface area contributed by atoms with E-state index in [9.17, 15) is 14.7 Å². The van der Waals surface area contributed by atoms with Gasteiger partial charge in [0.1, 0.15) is 0 Å². The van der Waals surface area contributed by atoms with Gasteiger partial charge in [-0.05, 0) is 125 Å². The number of hydrogen-bond acceptors (Lipinski definition) is 3. The van der Waals surface area contributed by atoms with E-state index in [0.717, 1.165) is 57.3 Å². The van der Waals surface area contributed by atoms with Crippen LogP contribution >= 0.6 is 0 Å². The van der Waals surface area contributed by atoms with E-state index in [2.05, 4.69) is 68.7 Å². The number of nitrogens with one attached hydrogen (secondary N) is 2. The van der Waals surface area contributed by atoms with E-state index < -0.39 is 17.7 Å². The van der Waals surface area contributed by atoms with Crippen LogP contribution in [0.2, 0.25) is 0 Å². The van der Waals surface area contributed by atoms with Crippen LogP contribution < -0.4 is 10.6 Å². The fourth-order valence-corrected chi connectivity index (χ4v) is 5.18. The second-order valence-corrected chi connectivity index (χ2v) is 12.2. The highest BCUT2D eigenvalue weighted by molar-refractivity contribution is 6.01. The van der Waals surface area contributed by atoms with Gasteiger partial charge in [0, 0.05) is 17.2 Å². The van der Waals surface area contributed by atoms with Gasteiger partial charge in [-0.25, -0.2) is 9.59 Å². The first-order chi connectivity index (χ1) is 18.7. The van der Waals surface area contributed by atoms with Crippen molar-refractivity contribution in [3.8, 4) is 22.3 Å². The standard InChI is InChI=1S/C34H42N2O4/c1-18-10-12-24(16-20(18)3)27-22(5)28(25-13-11-19(2)21(4)17-25)30(36-33(39)35-26-14-15-26)23(6)29(27)31(32(37)38)40-34(7,8)9/h10-13,16-17,26,31H,14-15H2,1-9H3,(H,37,38)(H2,35,36,39). The summed E-state index contributed by atoms with van der Waals surface area (Å²) in [6, 6.07) is 12.4. The largest absolute Gasteiger partial charge is 0.479 e. The maximum Gasteiger partial charge on any atom is 0.337 e. The number of carbonyl (C=O) groups is 2. The van der Waals surface area contributed by atoms with E-state index in [-0.39, 0.29) is 12.1 Å². The Morgan fingerprint density at radius 2 is 1.35 bits per heavy atom. The Bertz CT molecular complexity index is 1480. The summed E-state index contributed by atoms with van der Waals surface area (Å²) < 4.78 is 6.22. The van der Waals surface area contributed by atoms with Crippen LogP contribution in [0.3, 0.4) is 0 Å². The fourth-order valence-electron chi connectivity index (χ4n) is 5.18. The number of amides is 2. The predicted molar refractivity (Wildman–Crippen MR) is 162 cm³/mol. The van der Waals surface area contributed by atoms with Crippen LogP contribution in [0, 0.1) is 41.5 Å². The average molecular weight is 543 g/mol. The summed E-state index contributed by atoms with van der Waals surface area (Å²) in [5, 5.41) is 16.6. The number of aliphatic carboxylic acids is 1. The Hall–Kier alpha value is -3.64. The van der Waals surface area contributed by atoms with Gasteiger partial charge >= 0.3 is 12.0 Å². The van der Waals surface area contributed by atoms with Gasteiger partial charge in [-0.2, -0.15) is 0 Å². The van der Waals surface area contributed by atoms with E-state index >= 15 is 0 Å². The Kier molecular flexibility index (Phi) is 8.13. The van der Waals surface area contributed by atoms with Crippen LogP contribution in [-0.4, -0.2) is 28.7 Å². The van der Waals surface area contributed by atoms with Gasteiger partial charge in [-0.1, -0.05) is 36.4 Å². The van der Waals surface area contributed by atoms with Gasteiger partial charge in [-0.15, -0.1) is 0 Å². The van der Waals surface area contributed by atoms with Crippen molar-refractivity contribution in [2.45, 2.75) is 92.9 Å². The van der Waals surface area contributed by atoms with Crippen molar-refractivity contribution in [3.63, 3.8) is 0 Å². The second-order valence-electron chi connectivity index (χ2n) is 12.2. The van der Waals surface area contributed by atoms with Gasteiger partial charge < -0.3 is 20.5 Å². The fraction of sp³-hybridized carbons (Fsp3) is 0.412. The summed E-state index contributed by atoms with van der Waals surface area (Å²) in [7, 11) is 0. The second kappa shape index (κ2) is 11.1. The minimum atomic E-state index is -1.24. The Morgan fingerprint density at radius 1 is 0.825 bits per heavy atom. The maximum atomic E-state index is 13.1. The highest BCUT2D eigenvalue weighted by atomic mass is 16.5. The third kappa shape index (κ3) is 6.23. The molecule has 3 N–H and O–H groups in total. The van der Waals surface area contributed by atoms with E-state index in [4.69, 9.17) is 4.74 Å². The van der Waals surface area contributed by atoms with E-state index in [1.54, 1.807) is 0 Å². The lowest BCUT2D eigenvalue weighted by Crippen LogP contribution is -2.32. The first-order valence-corrected chi connectivity index (χ1v) is 14.0. The third-order valence-electron chi connectivity index (χ3n) is 7.75. The van der Waals surface area contributed by atoms with Crippen molar-refractivity contribution in [1.82, 2.24) is 5.32 Å². The number of ether oxygens (including phenoxy) is 1. The molecule has 0 saturated heterocycles. The molecule has 0 spiro atoms. The monoisotopic (exact) mass is 542 g/mol. The molecule has 0 heterocycles. The number of aryl methyl sites for hydroxylation is 4. The topological polar surface area (TPSA) is 87.7 Å². The minimum absolute atomic E-state index is 0.178. The molecule has 1 aliphatic carbocycles. The van der Waals surface area contributed by atoms with Crippen molar-refractivity contribution < 1.29 is 19.4 Å². The smallest absolute Gasteiger partial charge is 0.337 e. The SMILES string of the molecule is Cc1ccc(-c2c(C)c(-c3ccc(C)c(C)c3)c(C(OC(C)(C)C)C(=O)O)c(C)c2NC(=O)NC2CC2)cc1C. The molecule has 1 atom stereocenters. The Balaban J connectivity index is 2.11. The summed E-state index contributed by atoms with van der Waals surface area (Å²) >= 11 is 0. The highest BCUT2D eigenvalue weighted by Gasteiger charge is 2.34. The molecule has 2 amide bonds. The van der Waals surface area contributed by atoms with Gasteiger partial charge in [0.25, 0.3) is 0 Å². The summed E-state index contributed by atoms with van der Waals surface area (Å²) in [6.07, 6.45) is 0.691. The minimum Gasteiger partial charge on any atom is -0.479 e. The number of rotatable bonds is 7. The maximum absolute atomic E-state index is 13.1. The molecule has 0 aliphatic heterocycles. The van der Waals surface area contributed by atoms with Crippen molar-refractivity contribution in [2.24, 2.45) is 0 Å². The van der Waals surface area contributed by atoms with E-state index in [0.29, 0.717) is 16.8 Å². The van der Waals surface area contributed by atoms with Gasteiger partial charge in [-0.3, -0.25) is 0 Å². The number of urea groups is 1. The summed E-state index contributed by atoms with van der Waals surface area (Å²) in [6.45, 7) is 17.7. The number of benzene rings is 3. The molecule has 1 unspecified atom stereocenters. The molecule has 0 radical (unpaired) electrons. The molecule has 6 nitrogen and oxygen atoms in total. The summed E-state index contributed by atoms with van der Waals surface area (Å²) in [5.41, 5.74) is 10.2. The van der Waals surface area contributed by atoms with Crippen LogP contribution in [0.15, 0.2) is 36.4 Å². The molecule has 0 aromatic heterocycles. The molecule has 0 bridgehead atoms. The van der Waals surface area contributed by atoms with Gasteiger partial charge in [0.05, 0.1) is 11.3 Å². The van der Waals surface area contributed by atoms with Crippen LogP contribution in [0.25, 0.3) is 22.3 Å². The highest BCUT2D eigenvalue weighted by Crippen LogP contribution is 2.47. The van der Waals surface area contributed by atoms with Crippen LogP contribution in [0.5, 0.6) is 0 Å². The molecule has 3 aromatic rings. The third-order valence-corrected chi connectivity index (χ3v) is 7.75. The van der Waals surface area contributed by atoms with Crippen molar-refractivity contribution in [1.29, 1.82) is 0 Å². The van der Waals surface area contributed by atoms with Crippen LogP contribution in [0.4, 0.5) is 10.5 Å². The molecule has 1 aliphatic rings. The zero-order valence-corrected chi connectivity index (χ0v) is 25.2. The molecule has 1 fully saturated rings. The normalized spacial score (nSPS) is 14.1. The lowest BCUT2D eigenvalue weighted by Gasteiger charge is -2.31. The zero-order chi connectivity index (χ0) is 29.5. The number of hydrogen-bond donors (Lipinski definition) is 3. The molecule has 6 heteroatoms. The van der Waals surface area contributed by atoms with Crippen molar-refractivity contribution >= 4 is 17.7 Å². The van der Waals surface area contributed by atoms with Crippen LogP contribution in [0.1, 0.15) is 78.7 Å². The molecule has 40 heavy (non-hydrogen) atoms. The molecular formula is C34H42N2O4. The quantitative estimate of drug-likeness (QED) is 0.281. The zero-order valence-electron chi connectivity index (χ0n) is 25.2. The first kappa shape index (κ1) is 29.3. The summed E-state index contributed by atoms with van der Waals surface area (Å²) in [5.74, 6) is -1.07. The number of anilines is 1. The van der Waals surface area contributed by atoms with E-state index in [1.807, 2.05) is 40.7 Å². The van der Waals surface area contributed by atoms with Gasteiger partial charge in [0.15, 0.2) is 6.10 Å². The Labute approximate surface area is 238 Å². The molecule has 4 rings (SSSR count). The number of carboxylic acid groups (broad SMARTS) is 1. The number of carboxylic acids is 1. The lowest BCUT2D eigenvalue weighted by atomic mass is 9.81. The van der Waals surface area contributed by atoms with Gasteiger partial charge in [0.2, 0.25) is 0 Å². The summed E-state index contributed by atoms with van der Waals surface area (Å²) in [4.78, 5) is 26.0. The molecular weight excluding hydrogens is 500 g/mol. The lowest BCUT2D eigenvalue weighted by molar-refractivity contribution is -0.160. The Morgan fingerprint density at radius 3 is 1.80 bits per heavy atom. The van der Waals surface area contributed by atoms with Crippen molar-refractivity contribution in [3.05, 3.63) is 75.3 Å². The average Bonchev–Trinajstić information content (AvgIpc) is 3.67. The van der Waals surface area contributed by atoms with Crippen molar-refractivity contribution in [2.75, 3.05) is 5.32 Å². The molecule has 212 valence electrons. The number of carbonyl (C=O) groups excluding carboxylic acids is 1. The van der Waals surface area contributed by atoms with Crippen LogP contribution in [-0.2, 0) is 9.53 Å². The predicted octanol–water partition coefficient (Wildman–Crippen LogP) is 8.10. The molecule has 3 aromatic carbocycles.